The molecule has 1 fully saturated rings. The second-order valence-electron chi connectivity index (χ2n) is 7.08. The van der Waals surface area contributed by atoms with Crippen molar-refractivity contribution in [1.82, 2.24) is 15.1 Å². The van der Waals surface area contributed by atoms with Crippen LogP contribution in [0.5, 0.6) is 0 Å². The van der Waals surface area contributed by atoms with Gasteiger partial charge < -0.3 is 9.32 Å². The fourth-order valence-electron chi connectivity index (χ4n) is 3.77. The first kappa shape index (κ1) is 17.1. The third-order valence-corrected chi connectivity index (χ3v) is 6.08. The van der Waals surface area contributed by atoms with Gasteiger partial charge in [0.25, 0.3) is 11.8 Å². The lowest BCUT2D eigenvalue weighted by Gasteiger charge is -2.31. The molecule has 0 saturated carbocycles. The number of fused-ring (bicyclic) bond motifs is 1. The number of thiophene rings is 1. The summed E-state index contributed by atoms with van der Waals surface area (Å²) in [7, 11) is 0. The molecular formula is C22H19N3O2S. The lowest BCUT2D eigenvalue weighted by atomic mass is 9.97. The number of carbonyl (C=O) groups excluding carboxylic acids is 1. The van der Waals surface area contributed by atoms with E-state index in [1.165, 1.54) is 0 Å². The predicted octanol–water partition coefficient (Wildman–Crippen LogP) is 4.97. The van der Waals surface area contributed by atoms with E-state index in [0.29, 0.717) is 18.3 Å². The minimum absolute atomic E-state index is 0.0634. The average Bonchev–Trinajstić information content (AvgIpc) is 3.45. The Labute approximate surface area is 166 Å². The minimum Gasteiger partial charge on any atom is -0.420 e. The van der Waals surface area contributed by atoms with Gasteiger partial charge in [-0.2, -0.15) is 0 Å². The van der Waals surface area contributed by atoms with E-state index in [4.69, 9.17) is 4.42 Å². The zero-order chi connectivity index (χ0) is 18.9. The third kappa shape index (κ3) is 3.20. The lowest BCUT2D eigenvalue weighted by Crippen LogP contribution is -2.39. The molecule has 1 atom stereocenters. The van der Waals surface area contributed by atoms with Crippen LogP contribution in [0.15, 0.2) is 64.4 Å². The molecule has 1 unspecified atom stereocenters. The average molecular weight is 389 g/mol. The zero-order valence-electron chi connectivity index (χ0n) is 15.2. The summed E-state index contributed by atoms with van der Waals surface area (Å²) < 4.78 is 5.91. The topological polar surface area (TPSA) is 59.2 Å². The van der Waals surface area contributed by atoms with Gasteiger partial charge in [-0.3, -0.25) is 4.79 Å². The summed E-state index contributed by atoms with van der Waals surface area (Å²) in [6.07, 6.45) is 1.88. The van der Waals surface area contributed by atoms with E-state index in [2.05, 4.69) is 16.3 Å². The van der Waals surface area contributed by atoms with Gasteiger partial charge in [-0.15, -0.1) is 21.5 Å². The fraction of sp³-hybridized carbons (Fsp3) is 0.227. The van der Waals surface area contributed by atoms with Crippen molar-refractivity contribution in [1.29, 1.82) is 0 Å². The van der Waals surface area contributed by atoms with E-state index < -0.39 is 0 Å². The standard InChI is InChI=1S/C22H19N3O2S/c26-22(17-10-9-15-5-1-2-6-16(15)13-17)25-11-3-7-18(14-25)20-23-24-21(27-20)19-8-4-12-28-19/h1-2,4-6,8-10,12-13,18H,3,7,11,14H2. The van der Waals surface area contributed by atoms with Gasteiger partial charge in [0.15, 0.2) is 0 Å². The molecule has 28 heavy (non-hydrogen) atoms. The number of likely N-dealkylation sites (tertiary alicyclic amines) is 1. The smallest absolute Gasteiger partial charge is 0.257 e. The van der Waals surface area contributed by atoms with Crippen LogP contribution < -0.4 is 0 Å². The first-order valence-corrected chi connectivity index (χ1v) is 10.3. The van der Waals surface area contributed by atoms with Gasteiger partial charge in [0, 0.05) is 18.7 Å². The summed E-state index contributed by atoms with van der Waals surface area (Å²) in [5.41, 5.74) is 0.726. The van der Waals surface area contributed by atoms with Gasteiger partial charge in [-0.05, 0) is 47.2 Å². The first-order valence-electron chi connectivity index (χ1n) is 9.43. The SMILES string of the molecule is O=C(c1ccc2ccccc2c1)N1CCCC(c2nnc(-c3cccs3)o2)C1. The number of nitrogens with zero attached hydrogens (tertiary/aromatic N) is 3. The lowest BCUT2D eigenvalue weighted by molar-refractivity contribution is 0.0698. The van der Waals surface area contributed by atoms with Crippen LogP contribution in [0.1, 0.15) is 35.0 Å². The van der Waals surface area contributed by atoms with Gasteiger partial charge >= 0.3 is 0 Å². The van der Waals surface area contributed by atoms with Crippen molar-refractivity contribution < 1.29 is 9.21 Å². The van der Waals surface area contributed by atoms with Crippen LogP contribution in [0.25, 0.3) is 21.5 Å². The van der Waals surface area contributed by atoms with E-state index in [1.807, 2.05) is 58.8 Å². The Balaban J connectivity index is 1.35. The quantitative estimate of drug-likeness (QED) is 0.496. The van der Waals surface area contributed by atoms with Gasteiger partial charge in [0.05, 0.1) is 10.8 Å². The fourth-order valence-corrected chi connectivity index (χ4v) is 4.41. The second kappa shape index (κ2) is 7.20. The third-order valence-electron chi connectivity index (χ3n) is 5.23. The first-order chi connectivity index (χ1) is 13.8. The molecule has 2 aromatic carbocycles. The number of rotatable bonds is 3. The highest BCUT2D eigenvalue weighted by Crippen LogP contribution is 2.30. The van der Waals surface area contributed by atoms with E-state index >= 15 is 0 Å². The Morgan fingerprint density at radius 2 is 1.96 bits per heavy atom. The Hall–Kier alpha value is -2.99. The molecule has 1 saturated heterocycles. The highest BCUT2D eigenvalue weighted by Gasteiger charge is 2.29. The van der Waals surface area contributed by atoms with Crippen molar-refractivity contribution in [2.45, 2.75) is 18.8 Å². The van der Waals surface area contributed by atoms with E-state index in [-0.39, 0.29) is 11.8 Å². The number of hydrogen-bond acceptors (Lipinski definition) is 5. The number of amides is 1. The van der Waals surface area contributed by atoms with Crippen molar-refractivity contribution in [2.75, 3.05) is 13.1 Å². The number of hydrogen-bond donors (Lipinski definition) is 0. The van der Waals surface area contributed by atoms with Crippen LogP contribution in [-0.4, -0.2) is 34.1 Å². The van der Waals surface area contributed by atoms with Crippen molar-refractivity contribution in [3.05, 3.63) is 71.4 Å². The molecule has 140 valence electrons. The molecule has 0 bridgehead atoms. The van der Waals surface area contributed by atoms with Crippen LogP contribution in [0.2, 0.25) is 0 Å². The summed E-state index contributed by atoms with van der Waals surface area (Å²) >= 11 is 1.58. The molecule has 2 aromatic heterocycles. The van der Waals surface area contributed by atoms with E-state index in [0.717, 1.165) is 40.6 Å². The van der Waals surface area contributed by atoms with Gasteiger partial charge in [-0.25, -0.2) is 0 Å². The Morgan fingerprint density at radius 1 is 1.07 bits per heavy atom. The molecule has 3 heterocycles. The molecule has 1 amide bonds. The molecule has 0 aliphatic carbocycles. The largest absolute Gasteiger partial charge is 0.420 e. The minimum atomic E-state index is 0.0634. The number of benzene rings is 2. The molecule has 4 aromatic rings. The van der Waals surface area contributed by atoms with Crippen LogP contribution in [0.4, 0.5) is 0 Å². The predicted molar refractivity (Wildman–Crippen MR) is 109 cm³/mol. The van der Waals surface area contributed by atoms with Crippen LogP contribution >= 0.6 is 11.3 Å². The molecule has 6 heteroatoms. The van der Waals surface area contributed by atoms with Gasteiger partial charge in [0.1, 0.15) is 0 Å². The molecule has 5 rings (SSSR count). The maximum absolute atomic E-state index is 13.1. The van der Waals surface area contributed by atoms with Crippen molar-refractivity contribution in [3.63, 3.8) is 0 Å². The molecule has 0 spiro atoms. The van der Waals surface area contributed by atoms with Crippen molar-refractivity contribution in [3.8, 4) is 10.8 Å². The van der Waals surface area contributed by atoms with Gasteiger partial charge in [0.2, 0.25) is 5.89 Å². The van der Waals surface area contributed by atoms with E-state index in [9.17, 15) is 4.79 Å². The molecule has 0 N–H and O–H groups in total. The molecular weight excluding hydrogens is 370 g/mol. The van der Waals surface area contributed by atoms with Gasteiger partial charge in [-0.1, -0.05) is 36.4 Å². The Bertz CT molecular complexity index is 1120. The zero-order valence-corrected chi connectivity index (χ0v) is 16.1. The summed E-state index contributed by atoms with van der Waals surface area (Å²) in [6, 6.07) is 17.9. The second-order valence-corrected chi connectivity index (χ2v) is 8.02. The van der Waals surface area contributed by atoms with Crippen molar-refractivity contribution in [2.24, 2.45) is 0 Å². The van der Waals surface area contributed by atoms with Crippen LogP contribution in [-0.2, 0) is 0 Å². The maximum Gasteiger partial charge on any atom is 0.257 e. The molecule has 5 nitrogen and oxygen atoms in total. The number of piperidine rings is 1. The molecule has 0 radical (unpaired) electrons. The van der Waals surface area contributed by atoms with E-state index in [1.54, 1.807) is 11.3 Å². The highest BCUT2D eigenvalue weighted by molar-refractivity contribution is 7.13. The van der Waals surface area contributed by atoms with Crippen LogP contribution in [0, 0.1) is 0 Å². The highest BCUT2D eigenvalue weighted by atomic mass is 32.1. The number of aromatic nitrogens is 2. The van der Waals surface area contributed by atoms with Crippen LogP contribution in [0.3, 0.4) is 0 Å². The summed E-state index contributed by atoms with van der Waals surface area (Å²) in [6.45, 7) is 1.37. The summed E-state index contributed by atoms with van der Waals surface area (Å²) in [5, 5.41) is 12.7. The molecule has 1 aliphatic rings. The number of carbonyl (C=O) groups is 1. The Morgan fingerprint density at radius 3 is 2.82 bits per heavy atom. The summed E-state index contributed by atoms with van der Waals surface area (Å²) in [4.78, 5) is 16.0. The summed E-state index contributed by atoms with van der Waals surface area (Å²) in [5.74, 6) is 1.33. The maximum atomic E-state index is 13.1. The molecule has 1 aliphatic heterocycles. The monoisotopic (exact) mass is 389 g/mol. The van der Waals surface area contributed by atoms with Crippen molar-refractivity contribution >= 4 is 28.0 Å². The normalized spacial score (nSPS) is 17.1. The Kier molecular flexibility index (Phi) is 4.41.